The Bertz CT molecular complexity index is 422. The number of anilines is 1. The van der Waals surface area contributed by atoms with Crippen LogP contribution >= 0.6 is 0 Å². The third kappa shape index (κ3) is 3.36. The van der Waals surface area contributed by atoms with Gasteiger partial charge in [0.1, 0.15) is 11.6 Å². The fourth-order valence-corrected chi connectivity index (χ4v) is 3.50. The normalized spacial score (nSPS) is 23.1. The highest BCUT2D eigenvalue weighted by Crippen LogP contribution is 2.38. The topological polar surface area (TPSA) is 43.8 Å². The molecule has 2 unspecified atom stereocenters. The van der Waals surface area contributed by atoms with Crippen molar-refractivity contribution in [1.82, 2.24) is 9.55 Å². The minimum absolute atomic E-state index is 0.595. The summed E-state index contributed by atoms with van der Waals surface area (Å²) >= 11 is 0. The van der Waals surface area contributed by atoms with Crippen molar-refractivity contribution in [2.75, 3.05) is 5.73 Å². The fourth-order valence-electron chi connectivity index (χ4n) is 3.50. The van der Waals surface area contributed by atoms with Gasteiger partial charge >= 0.3 is 0 Å². The van der Waals surface area contributed by atoms with Crippen LogP contribution in [0.4, 0.5) is 5.82 Å². The predicted molar refractivity (Wildman–Crippen MR) is 85.9 cm³/mol. The number of nitrogens with two attached hydrogens (primary N) is 1. The summed E-state index contributed by atoms with van der Waals surface area (Å²) in [6, 6.07) is 0. The second-order valence-electron chi connectivity index (χ2n) is 6.52. The minimum atomic E-state index is 0.595. The quantitative estimate of drug-likeness (QED) is 0.831. The number of imidazole rings is 1. The molecule has 1 aromatic heterocycles. The van der Waals surface area contributed by atoms with Crippen molar-refractivity contribution in [3.8, 4) is 0 Å². The van der Waals surface area contributed by atoms with Crippen LogP contribution in [0.5, 0.6) is 0 Å². The number of nitrogens with zero attached hydrogens (tertiary/aromatic N) is 2. The summed E-state index contributed by atoms with van der Waals surface area (Å²) in [6.45, 7) is 7.85. The Morgan fingerprint density at radius 1 is 1.25 bits per heavy atom. The van der Waals surface area contributed by atoms with Crippen molar-refractivity contribution in [2.45, 2.75) is 84.6 Å². The van der Waals surface area contributed by atoms with E-state index in [1.54, 1.807) is 0 Å². The van der Waals surface area contributed by atoms with Gasteiger partial charge in [-0.15, -0.1) is 0 Å². The van der Waals surface area contributed by atoms with Gasteiger partial charge in [-0.05, 0) is 31.6 Å². The van der Waals surface area contributed by atoms with Crippen LogP contribution in [0.3, 0.4) is 0 Å². The van der Waals surface area contributed by atoms with Crippen LogP contribution in [-0.4, -0.2) is 9.55 Å². The molecule has 3 nitrogen and oxygen atoms in total. The van der Waals surface area contributed by atoms with E-state index < -0.39 is 0 Å². The number of unbranched alkanes of at least 4 members (excludes halogenated alkanes) is 1. The van der Waals surface area contributed by atoms with E-state index in [2.05, 4.69) is 25.3 Å². The van der Waals surface area contributed by atoms with Crippen molar-refractivity contribution >= 4 is 5.82 Å². The second kappa shape index (κ2) is 7.14. The van der Waals surface area contributed by atoms with Crippen LogP contribution in [0.15, 0.2) is 0 Å². The van der Waals surface area contributed by atoms with E-state index in [0.29, 0.717) is 5.92 Å². The predicted octanol–water partition coefficient (Wildman–Crippen LogP) is 4.51. The molecule has 1 aromatic rings. The maximum atomic E-state index is 6.45. The van der Waals surface area contributed by atoms with Gasteiger partial charge in [-0.25, -0.2) is 4.98 Å². The summed E-state index contributed by atoms with van der Waals surface area (Å²) in [5, 5.41) is 0. The van der Waals surface area contributed by atoms with E-state index in [9.17, 15) is 0 Å². The molecule has 1 fully saturated rings. The van der Waals surface area contributed by atoms with E-state index in [0.717, 1.165) is 31.1 Å². The Hall–Kier alpha value is -0.990. The van der Waals surface area contributed by atoms with Gasteiger partial charge in [0, 0.05) is 18.9 Å². The van der Waals surface area contributed by atoms with E-state index in [1.807, 2.05) is 0 Å². The second-order valence-corrected chi connectivity index (χ2v) is 6.52. The van der Waals surface area contributed by atoms with Crippen LogP contribution in [-0.2, 0) is 13.0 Å². The highest BCUT2D eigenvalue weighted by atomic mass is 15.1. The maximum Gasteiger partial charge on any atom is 0.127 e. The standard InChI is InChI=1S/C17H31N3/c1-4-6-11-20-15(8-5-2)19-16(17(20)18)14-10-7-9-13(3)12-14/h13-14H,4-12,18H2,1-3H3. The summed E-state index contributed by atoms with van der Waals surface area (Å²) in [5.41, 5.74) is 7.66. The Kier molecular flexibility index (Phi) is 5.50. The average molecular weight is 277 g/mol. The van der Waals surface area contributed by atoms with Crippen molar-refractivity contribution in [2.24, 2.45) is 5.92 Å². The molecule has 1 saturated carbocycles. The highest BCUT2D eigenvalue weighted by Gasteiger charge is 2.26. The van der Waals surface area contributed by atoms with Crippen molar-refractivity contribution in [3.63, 3.8) is 0 Å². The minimum Gasteiger partial charge on any atom is -0.384 e. The van der Waals surface area contributed by atoms with Gasteiger partial charge in [-0.1, -0.05) is 40.0 Å². The molecule has 0 amide bonds. The smallest absolute Gasteiger partial charge is 0.127 e. The van der Waals surface area contributed by atoms with E-state index >= 15 is 0 Å². The molecule has 0 radical (unpaired) electrons. The molecule has 1 heterocycles. The van der Waals surface area contributed by atoms with Gasteiger partial charge in [-0.2, -0.15) is 0 Å². The van der Waals surface area contributed by atoms with Crippen LogP contribution in [0, 0.1) is 5.92 Å². The third-order valence-electron chi connectivity index (χ3n) is 4.65. The molecule has 20 heavy (non-hydrogen) atoms. The van der Waals surface area contributed by atoms with E-state index in [4.69, 9.17) is 10.7 Å². The number of hydrogen-bond acceptors (Lipinski definition) is 2. The molecule has 2 N–H and O–H groups in total. The lowest BCUT2D eigenvalue weighted by atomic mass is 9.81. The number of aromatic nitrogens is 2. The average Bonchev–Trinajstić information content (AvgIpc) is 2.74. The van der Waals surface area contributed by atoms with Crippen LogP contribution in [0.25, 0.3) is 0 Å². The van der Waals surface area contributed by atoms with E-state index in [1.165, 1.54) is 50.0 Å². The fraction of sp³-hybridized carbons (Fsp3) is 0.824. The summed E-state index contributed by atoms with van der Waals surface area (Å²) in [7, 11) is 0. The molecule has 1 aliphatic rings. The Labute approximate surface area is 124 Å². The van der Waals surface area contributed by atoms with Gasteiger partial charge in [-0.3, -0.25) is 0 Å². The summed E-state index contributed by atoms with van der Waals surface area (Å²) < 4.78 is 2.29. The van der Waals surface area contributed by atoms with Gasteiger partial charge in [0.15, 0.2) is 0 Å². The zero-order valence-corrected chi connectivity index (χ0v) is 13.5. The van der Waals surface area contributed by atoms with Crippen LogP contribution in [0.2, 0.25) is 0 Å². The summed E-state index contributed by atoms with van der Waals surface area (Å²) in [6.07, 6.45) is 9.83. The lowest BCUT2D eigenvalue weighted by Crippen LogP contribution is -2.14. The van der Waals surface area contributed by atoms with Gasteiger partial charge in [0.05, 0.1) is 5.69 Å². The molecule has 2 rings (SSSR count). The summed E-state index contributed by atoms with van der Waals surface area (Å²) in [5.74, 6) is 3.59. The molecule has 0 spiro atoms. The van der Waals surface area contributed by atoms with Gasteiger partial charge in [0.25, 0.3) is 0 Å². The number of nitrogen functional groups attached to an aromatic ring is 1. The summed E-state index contributed by atoms with van der Waals surface area (Å²) in [4.78, 5) is 4.95. The maximum absolute atomic E-state index is 6.45. The number of aryl methyl sites for hydroxylation is 1. The molecule has 0 bridgehead atoms. The number of hydrogen-bond donors (Lipinski definition) is 1. The molecule has 3 heteroatoms. The SMILES string of the molecule is CCCCn1c(CCC)nc(C2CCCC(C)C2)c1N. The third-order valence-corrected chi connectivity index (χ3v) is 4.65. The lowest BCUT2D eigenvalue weighted by molar-refractivity contribution is 0.341. The van der Waals surface area contributed by atoms with Gasteiger partial charge in [0.2, 0.25) is 0 Å². The molecular weight excluding hydrogens is 246 g/mol. The molecule has 114 valence electrons. The zero-order valence-electron chi connectivity index (χ0n) is 13.5. The molecule has 0 aliphatic heterocycles. The van der Waals surface area contributed by atoms with Gasteiger partial charge < -0.3 is 10.3 Å². The van der Waals surface area contributed by atoms with E-state index in [-0.39, 0.29) is 0 Å². The Morgan fingerprint density at radius 2 is 2.05 bits per heavy atom. The van der Waals surface area contributed by atoms with Crippen LogP contribution in [0.1, 0.15) is 83.2 Å². The molecule has 0 aromatic carbocycles. The Balaban J connectivity index is 2.23. The Morgan fingerprint density at radius 3 is 2.70 bits per heavy atom. The first kappa shape index (κ1) is 15.4. The van der Waals surface area contributed by atoms with Crippen molar-refractivity contribution < 1.29 is 0 Å². The monoisotopic (exact) mass is 277 g/mol. The van der Waals surface area contributed by atoms with Crippen molar-refractivity contribution in [3.05, 3.63) is 11.5 Å². The van der Waals surface area contributed by atoms with Crippen molar-refractivity contribution in [1.29, 1.82) is 0 Å². The highest BCUT2D eigenvalue weighted by molar-refractivity contribution is 5.41. The molecular formula is C17H31N3. The number of rotatable bonds is 6. The first-order valence-electron chi connectivity index (χ1n) is 8.52. The molecule has 1 aliphatic carbocycles. The molecule has 2 atom stereocenters. The largest absolute Gasteiger partial charge is 0.384 e. The first-order valence-corrected chi connectivity index (χ1v) is 8.52. The first-order chi connectivity index (χ1) is 9.67. The van der Waals surface area contributed by atoms with Crippen LogP contribution < -0.4 is 5.73 Å². The zero-order chi connectivity index (χ0) is 14.5. The molecule has 0 saturated heterocycles. The lowest BCUT2D eigenvalue weighted by Gasteiger charge is -2.25.